The van der Waals surface area contributed by atoms with E-state index in [2.05, 4.69) is 26.0 Å². The molecule has 0 radical (unpaired) electrons. The zero-order chi connectivity index (χ0) is 17.7. The number of benzene rings is 2. The van der Waals surface area contributed by atoms with Gasteiger partial charge in [0.2, 0.25) is 15.9 Å². The molecule has 0 aliphatic heterocycles. The van der Waals surface area contributed by atoms with Gasteiger partial charge < -0.3 is 5.32 Å². The fourth-order valence-corrected chi connectivity index (χ4v) is 3.49. The molecule has 0 spiro atoms. The fraction of sp³-hybridized carbons (Fsp3) is 0.235. The first-order valence-electron chi connectivity index (χ1n) is 7.47. The zero-order valence-corrected chi connectivity index (χ0v) is 15.9. The summed E-state index contributed by atoms with van der Waals surface area (Å²) in [6, 6.07) is 12.0. The van der Waals surface area contributed by atoms with Gasteiger partial charge in [-0.15, -0.1) is 0 Å². The van der Waals surface area contributed by atoms with Gasteiger partial charge in [-0.1, -0.05) is 41.1 Å². The number of anilines is 1. The van der Waals surface area contributed by atoms with E-state index in [9.17, 15) is 13.2 Å². The lowest BCUT2D eigenvalue weighted by Gasteiger charge is -2.13. The number of aryl methyl sites for hydroxylation is 2. The third kappa shape index (κ3) is 4.66. The number of amides is 1. The predicted molar refractivity (Wildman–Crippen MR) is 98.5 cm³/mol. The minimum absolute atomic E-state index is 0.114. The van der Waals surface area contributed by atoms with Crippen LogP contribution in [0.4, 0.5) is 5.69 Å². The van der Waals surface area contributed by atoms with Crippen molar-refractivity contribution in [1.82, 2.24) is 4.72 Å². The second kappa shape index (κ2) is 7.92. The quantitative estimate of drug-likeness (QED) is 0.767. The molecular formula is C17H19BrN2O3S. The van der Waals surface area contributed by atoms with Crippen molar-refractivity contribution in [3.05, 3.63) is 58.1 Å². The summed E-state index contributed by atoms with van der Waals surface area (Å²) in [7, 11) is -3.72. The molecule has 128 valence electrons. The number of nitrogens with one attached hydrogen (secondary N) is 2. The molecule has 5 nitrogen and oxygen atoms in total. The van der Waals surface area contributed by atoms with Crippen LogP contribution in [0, 0.1) is 6.92 Å². The Balaban J connectivity index is 2.05. The van der Waals surface area contributed by atoms with Crippen LogP contribution in [0.1, 0.15) is 18.1 Å². The lowest BCUT2D eigenvalue weighted by atomic mass is 10.1. The molecule has 0 atom stereocenters. The molecule has 1 amide bonds. The molecule has 24 heavy (non-hydrogen) atoms. The van der Waals surface area contributed by atoms with Gasteiger partial charge in [-0.2, -0.15) is 0 Å². The Kier molecular flexibility index (Phi) is 6.15. The molecule has 2 aromatic carbocycles. The molecule has 0 aliphatic carbocycles. The number of hydrogen-bond acceptors (Lipinski definition) is 3. The molecule has 0 unspecified atom stereocenters. The van der Waals surface area contributed by atoms with Crippen LogP contribution in [0.25, 0.3) is 0 Å². The number of carbonyl (C=O) groups excluding carboxylic acids is 1. The van der Waals surface area contributed by atoms with E-state index in [0.29, 0.717) is 0 Å². The number of hydrogen-bond donors (Lipinski definition) is 2. The largest absolute Gasteiger partial charge is 0.324 e. The maximum atomic E-state index is 12.2. The van der Waals surface area contributed by atoms with Crippen LogP contribution >= 0.6 is 15.9 Å². The number of halogens is 1. The molecule has 0 bridgehead atoms. The molecule has 0 fully saturated rings. The van der Waals surface area contributed by atoms with E-state index in [1.165, 1.54) is 12.1 Å². The van der Waals surface area contributed by atoms with Crippen LogP contribution in [0.2, 0.25) is 0 Å². The third-order valence-corrected chi connectivity index (χ3v) is 5.50. The summed E-state index contributed by atoms with van der Waals surface area (Å²) in [5.74, 6) is -0.403. The molecular weight excluding hydrogens is 392 g/mol. The average Bonchev–Trinajstić information content (AvgIpc) is 2.55. The molecule has 0 saturated heterocycles. The topological polar surface area (TPSA) is 75.3 Å². The normalized spacial score (nSPS) is 11.3. The second-order valence-corrected chi connectivity index (χ2v) is 7.97. The smallest absolute Gasteiger partial charge is 0.241 e. The van der Waals surface area contributed by atoms with Gasteiger partial charge in [0, 0.05) is 10.2 Å². The lowest BCUT2D eigenvalue weighted by molar-refractivity contribution is -0.115. The van der Waals surface area contributed by atoms with Gasteiger partial charge in [0.05, 0.1) is 11.4 Å². The molecule has 7 heteroatoms. The Bertz CT molecular complexity index is 833. The van der Waals surface area contributed by atoms with E-state index in [1.54, 1.807) is 12.1 Å². The van der Waals surface area contributed by atoms with Crippen molar-refractivity contribution in [2.75, 3.05) is 11.9 Å². The van der Waals surface area contributed by atoms with E-state index in [1.807, 2.05) is 32.0 Å². The van der Waals surface area contributed by atoms with Crippen molar-refractivity contribution in [3.63, 3.8) is 0 Å². The first kappa shape index (κ1) is 18.6. The number of carbonyl (C=O) groups is 1. The van der Waals surface area contributed by atoms with Crippen molar-refractivity contribution < 1.29 is 13.2 Å². The van der Waals surface area contributed by atoms with Crippen LogP contribution in [0.5, 0.6) is 0 Å². The fourth-order valence-electron chi connectivity index (χ4n) is 2.24. The van der Waals surface area contributed by atoms with Gasteiger partial charge >= 0.3 is 0 Å². The number of sulfonamides is 1. The molecule has 2 N–H and O–H groups in total. The van der Waals surface area contributed by atoms with E-state index in [-0.39, 0.29) is 11.4 Å². The van der Waals surface area contributed by atoms with Crippen LogP contribution < -0.4 is 10.0 Å². The van der Waals surface area contributed by atoms with E-state index in [0.717, 1.165) is 27.7 Å². The Morgan fingerprint density at radius 3 is 2.42 bits per heavy atom. The maximum Gasteiger partial charge on any atom is 0.241 e. The van der Waals surface area contributed by atoms with Gasteiger partial charge in [-0.3, -0.25) is 4.79 Å². The van der Waals surface area contributed by atoms with Gasteiger partial charge in [-0.25, -0.2) is 13.1 Å². The van der Waals surface area contributed by atoms with Crippen molar-refractivity contribution in [1.29, 1.82) is 0 Å². The van der Waals surface area contributed by atoms with E-state index < -0.39 is 15.9 Å². The van der Waals surface area contributed by atoms with Gasteiger partial charge in [0.25, 0.3) is 0 Å². The predicted octanol–water partition coefficient (Wildman–Crippen LogP) is 3.24. The first-order valence-corrected chi connectivity index (χ1v) is 9.74. The summed E-state index contributed by atoms with van der Waals surface area (Å²) < 4.78 is 27.5. The molecule has 0 aromatic heterocycles. The number of rotatable bonds is 6. The van der Waals surface area contributed by atoms with Gasteiger partial charge in [0.1, 0.15) is 0 Å². The van der Waals surface area contributed by atoms with Crippen LogP contribution in [-0.2, 0) is 21.2 Å². The molecule has 2 aromatic rings. The Labute approximate surface area is 150 Å². The second-order valence-electron chi connectivity index (χ2n) is 5.29. The van der Waals surface area contributed by atoms with Gasteiger partial charge in [-0.05, 0) is 48.7 Å². The van der Waals surface area contributed by atoms with E-state index in [4.69, 9.17) is 0 Å². The summed E-state index contributed by atoms with van der Waals surface area (Å²) in [5, 5.41) is 2.79. The summed E-state index contributed by atoms with van der Waals surface area (Å²) in [6.45, 7) is 3.58. The monoisotopic (exact) mass is 410 g/mol. The standard InChI is InChI=1S/C17H19BrN2O3S/c1-3-13-6-4-5-12(2)17(13)20-16(21)11-19-24(22,23)15-9-7-14(18)8-10-15/h4-10,19H,3,11H2,1-2H3,(H,20,21). The van der Waals surface area contributed by atoms with Crippen molar-refractivity contribution in [3.8, 4) is 0 Å². The Hall–Kier alpha value is -1.70. The highest BCUT2D eigenvalue weighted by molar-refractivity contribution is 9.10. The first-order chi connectivity index (χ1) is 11.3. The summed E-state index contributed by atoms with van der Waals surface area (Å²) in [4.78, 5) is 12.2. The van der Waals surface area contributed by atoms with Crippen molar-refractivity contribution in [2.24, 2.45) is 0 Å². The third-order valence-electron chi connectivity index (χ3n) is 3.55. The summed E-state index contributed by atoms with van der Waals surface area (Å²) >= 11 is 3.25. The molecule has 2 rings (SSSR count). The highest BCUT2D eigenvalue weighted by Crippen LogP contribution is 2.21. The maximum absolute atomic E-state index is 12.2. The summed E-state index contributed by atoms with van der Waals surface area (Å²) in [5.41, 5.74) is 2.70. The van der Waals surface area contributed by atoms with Crippen LogP contribution in [-0.4, -0.2) is 20.9 Å². The highest BCUT2D eigenvalue weighted by atomic mass is 79.9. The number of para-hydroxylation sites is 1. The van der Waals surface area contributed by atoms with Crippen molar-refractivity contribution >= 4 is 37.5 Å². The van der Waals surface area contributed by atoms with Crippen molar-refractivity contribution in [2.45, 2.75) is 25.2 Å². The molecule has 0 aliphatic rings. The van der Waals surface area contributed by atoms with Crippen LogP contribution in [0.3, 0.4) is 0 Å². The Morgan fingerprint density at radius 1 is 1.12 bits per heavy atom. The molecule has 0 heterocycles. The highest BCUT2D eigenvalue weighted by Gasteiger charge is 2.16. The zero-order valence-electron chi connectivity index (χ0n) is 13.5. The van der Waals surface area contributed by atoms with Crippen LogP contribution in [0.15, 0.2) is 51.8 Å². The molecule has 0 saturated carbocycles. The minimum Gasteiger partial charge on any atom is -0.324 e. The SMILES string of the molecule is CCc1cccc(C)c1NC(=O)CNS(=O)(=O)c1ccc(Br)cc1. The average molecular weight is 411 g/mol. The Morgan fingerprint density at radius 2 is 1.79 bits per heavy atom. The lowest BCUT2D eigenvalue weighted by Crippen LogP contribution is -2.33. The summed E-state index contributed by atoms with van der Waals surface area (Å²) in [6.07, 6.45) is 0.780. The minimum atomic E-state index is -3.72. The van der Waals surface area contributed by atoms with Gasteiger partial charge in [0.15, 0.2) is 0 Å². The van der Waals surface area contributed by atoms with E-state index >= 15 is 0 Å².